The number of benzene rings is 4. The van der Waals surface area contributed by atoms with E-state index in [1.165, 1.54) is 0 Å². The maximum atomic E-state index is 13.6. The van der Waals surface area contributed by atoms with Crippen LogP contribution < -0.4 is 4.74 Å². The molecule has 0 fully saturated rings. The van der Waals surface area contributed by atoms with Gasteiger partial charge in [0.1, 0.15) is 24.3 Å². The third-order valence-corrected chi connectivity index (χ3v) is 6.94. The molecule has 0 saturated carbocycles. The van der Waals surface area contributed by atoms with Crippen molar-refractivity contribution in [3.05, 3.63) is 102 Å². The van der Waals surface area contributed by atoms with Gasteiger partial charge in [-0.2, -0.15) is 0 Å². The highest BCUT2D eigenvalue weighted by Gasteiger charge is 2.40. The zero-order valence-electron chi connectivity index (χ0n) is 21.0. The smallest absolute Gasteiger partial charge is 0.317 e. The van der Waals surface area contributed by atoms with E-state index in [1.54, 1.807) is 11.8 Å². The van der Waals surface area contributed by atoms with Crippen molar-refractivity contribution < 1.29 is 14.3 Å². The third-order valence-electron chi connectivity index (χ3n) is 6.94. The molecule has 0 spiro atoms. The van der Waals surface area contributed by atoms with Gasteiger partial charge in [-0.3, -0.25) is 4.79 Å². The Morgan fingerprint density at radius 2 is 1.61 bits per heavy atom. The number of hydrogen-bond acceptors (Lipinski definition) is 7. The molecule has 0 saturated heterocycles. The number of hydrogen-bond donors (Lipinski definition) is 0. The summed E-state index contributed by atoms with van der Waals surface area (Å²) >= 11 is 0. The van der Waals surface area contributed by atoms with E-state index in [9.17, 15) is 4.79 Å². The number of rotatable bonds is 6. The lowest BCUT2D eigenvalue weighted by Crippen LogP contribution is -2.37. The van der Waals surface area contributed by atoms with Gasteiger partial charge in [0.2, 0.25) is 0 Å². The summed E-state index contributed by atoms with van der Waals surface area (Å²) in [5.41, 5.74) is 4.60. The van der Waals surface area contributed by atoms with Crippen molar-refractivity contribution >= 4 is 28.4 Å². The van der Waals surface area contributed by atoms with Crippen LogP contribution in [0.1, 0.15) is 24.1 Å². The summed E-state index contributed by atoms with van der Waals surface area (Å²) in [4.78, 5) is 18.1. The molecule has 0 radical (unpaired) electrons. The molecule has 0 bridgehead atoms. The van der Waals surface area contributed by atoms with Crippen molar-refractivity contribution in [3.8, 4) is 16.9 Å². The lowest BCUT2D eigenvalue weighted by atomic mass is 9.86. The van der Waals surface area contributed by atoms with Crippen molar-refractivity contribution in [2.45, 2.75) is 19.6 Å². The highest BCUT2D eigenvalue weighted by molar-refractivity contribution is 6.04. The second-order valence-electron chi connectivity index (χ2n) is 9.20. The molecule has 38 heavy (non-hydrogen) atoms. The van der Waals surface area contributed by atoms with Gasteiger partial charge in [-0.05, 0) is 62.5 Å². The Morgan fingerprint density at radius 3 is 2.37 bits per heavy atom. The predicted octanol–water partition coefficient (Wildman–Crippen LogP) is 5.56. The van der Waals surface area contributed by atoms with Crippen LogP contribution in [-0.2, 0) is 16.1 Å². The number of tetrazole rings is 1. The molecule has 1 aromatic heterocycles. The Bertz CT molecular complexity index is 1640. The maximum absolute atomic E-state index is 13.6. The van der Waals surface area contributed by atoms with E-state index >= 15 is 0 Å². The van der Waals surface area contributed by atoms with Crippen molar-refractivity contribution in [2.75, 3.05) is 7.11 Å². The van der Waals surface area contributed by atoms with Crippen LogP contribution in [-0.4, -0.2) is 39.0 Å². The molecule has 0 aliphatic carbocycles. The first-order chi connectivity index (χ1) is 18.6. The molecule has 6 rings (SSSR count). The average Bonchev–Trinajstić information content (AvgIpc) is 3.43. The van der Waals surface area contributed by atoms with Crippen LogP contribution in [0, 0.1) is 5.92 Å². The quantitative estimate of drug-likeness (QED) is 0.282. The Hall–Kier alpha value is -4.85. The Kier molecular flexibility index (Phi) is 6.13. The van der Waals surface area contributed by atoms with Gasteiger partial charge in [0.25, 0.3) is 5.95 Å². The van der Waals surface area contributed by atoms with Crippen LogP contribution in [0.3, 0.4) is 0 Å². The first-order valence-electron chi connectivity index (χ1n) is 12.3. The van der Waals surface area contributed by atoms with Gasteiger partial charge in [-0.15, -0.1) is 0 Å². The highest BCUT2D eigenvalue weighted by atomic mass is 16.5. The summed E-state index contributed by atoms with van der Waals surface area (Å²) in [5.74, 6) is 0.146. The number of ether oxygens (including phenoxy) is 2. The topological polar surface area (TPSA) is 91.5 Å². The number of carbonyl (C=O) groups excluding carboxylic acids is 1. The number of esters is 1. The molecular weight excluding hydrogens is 478 g/mol. The molecule has 188 valence electrons. The number of fused-ring (bicyclic) bond motifs is 2. The van der Waals surface area contributed by atoms with Gasteiger partial charge in [-0.1, -0.05) is 84.0 Å². The van der Waals surface area contributed by atoms with Crippen molar-refractivity contribution in [1.82, 2.24) is 20.2 Å². The van der Waals surface area contributed by atoms with E-state index in [0.717, 1.165) is 38.8 Å². The summed E-state index contributed by atoms with van der Waals surface area (Å²) < 4.78 is 12.7. The lowest BCUT2D eigenvalue weighted by Gasteiger charge is -2.30. The highest BCUT2D eigenvalue weighted by Crippen LogP contribution is 2.38. The van der Waals surface area contributed by atoms with Crippen LogP contribution in [0.5, 0.6) is 5.75 Å². The van der Waals surface area contributed by atoms with Crippen LogP contribution in [0.15, 0.2) is 96.0 Å². The normalized spacial score (nSPS) is 16.5. The molecule has 8 nitrogen and oxygen atoms in total. The molecular formula is C30H25N5O3. The summed E-state index contributed by atoms with van der Waals surface area (Å²) in [5, 5.41) is 14.2. The Morgan fingerprint density at radius 1 is 0.895 bits per heavy atom. The molecule has 2 heterocycles. The first-order valence-corrected chi connectivity index (χ1v) is 12.3. The molecule has 1 aliphatic heterocycles. The fourth-order valence-electron chi connectivity index (χ4n) is 4.98. The number of nitrogens with zero attached hydrogens (tertiary/aromatic N) is 5. The van der Waals surface area contributed by atoms with Crippen LogP contribution in [0.2, 0.25) is 0 Å². The van der Waals surface area contributed by atoms with E-state index in [1.807, 2.05) is 97.9 Å². The standard InChI is InChI=1S/C30H25N5O3/c1-19-27(29(36)38-18-20-10-12-21(13-11-20)22-14-16-24(37-2)17-15-22)28(35-30(31-19)32-33-34-35)26-9-5-7-23-6-3-4-8-25(23)26/h3-17,27-28H,18H2,1-2H3. The van der Waals surface area contributed by atoms with Crippen molar-refractivity contribution in [1.29, 1.82) is 0 Å². The number of aliphatic imine (C=N–C) groups is 1. The molecule has 1 aliphatic rings. The minimum absolute atomic E-state index is 0.149. The lowest BCUT2D eigenvalue weighted by molar-refractivity contribution is -0.148. The second-order valence-corrected chi connectivity index (χ2v) is 9.20. The fourth-order valence-corrected chi connectivity index (χ4v) is 4.98. The summed E-state index contributed by atoms with van der Waals surface area (Å²) in [6.07, 6.45) is 0. The van der Waals surface area contributed by atoms with E-state index < -0.39 is 12.0 Å². The van der Waals surface area contributed by atoms with Crippen LogP contribution in [0.25, 0.3) is 21.9 Å². The number of carbonyl (C=O) groups is 1. The van der Waals surface area contributed by atoms with E-state index in [4.69, 9.17) is 9.47 Å². The van der Waals surface area contributed by atoms with Gasteiger partial charge >= 0.3 is 5.97 Å². The molecule has 0 amide bonds. The van der Waals surface area contributed by atoms with Gasteiger partial charge in [0.15, 0.2) is 0 Å². The SMILES string of the molecule is COc1ccc(-c2ccc(COC(=O)C3C(C)=Nc4nnnn4C3c3cccc4ccccc34)cc2)cc1. The molecule has 0 N–H and O–H groups in total. The number of methoxy groups -OCH3 is 1. The first kappa shape index (κ1) is 23.5. The summed E-state index contributed by atoms with van der Waals surface area (Å²) in [6.45, 7) is 1.97. The maximum Gasteiger partial charge on any atom is 0.317 e. The van der Waals surface area contributed by atoms with Gasteiger partial charge in [0, 0.05) is 5.71 Å². The van der Waals surface area contributed by atoms with E-state index in [0.29, 0.717) is 11.7 Å². The van der Waals surface area contributed by atoms with Gasteiger partial charge in [-0.25, -0.2) is 9.67 Å². The zero-order chi connectivity index (χ0) is 26.1. The number of aromatic nitrogens is 4. The molecule has 5 aromatic rings. The predicted molar refractivity (Wildman–Crippen MR) is 144 cm³/mol. The Balaban J connectivity index is 1.25. The third kappa shape index (κ3) is 4.30. The summed E-state index contributed by atoms with van der Waals surface area (Å²) in [7, 11) is 1.65. The van der Waals surface area contributed by atoms with E-state index in [2.05, 4.69) is 20.5 Å². The second kappa shape index (κ2) is 9.89. The van der Waals surface area contributed by atoms with Gasteiger partial charge < -0.3 is 9.47 Å². The minimum atomic E-state index is -0.671. The monoisotopic (exact) mass is 503 g/mol. The average molecular weight is 504 g/mol. The largest absolute Gasteiger partial charge is 0.497 e. The van der Waals surface area contributed by atoms with Gasteiger partial charge in [0.05, 0.1) is 7.11 Å². The fraction of sp³-hybridized carbons (Fsp3) is 0.167. The molecule has 2 atom stereocenters. The summed E-state index contributed by atoms with van der Waals surface area (Å²) in [6, 6.07) is 29.5. The Labute approximate surface area is 219 Å². The molecule has 4 aromatic carbocycles. The zero-order valence-corrected chi connectivity index (χ0v) is 21.0. The molecule has 2 unspecified atom stereocenters. The van der Waals surface area contributed by atoms with Crippen molar-refractivity contribution in [2.24, 2.45) is 10.9 Å². The van der Waals surface area contributed by atoms with Crippen molar-refractivity contribution in [3.63, 3.8) is 0 Å². The van der Waals surface area contributed by atoms with Crippen LogP contribution >= 0.6 is 0 Å². The van der Waals surface area contributed by atoms with E-state index in [-0.39, 0.29) is 12.6 Å². The molecule has 8 heteroatoms. The van der Waals surface area contributed by atoms with Crippen LogP contribution in [0.4, 0.5) is 5.95 Å². The minimum Gasteiger partial charge on any atom is -0.497 e.